The second-order valence-corrected chi connectivity index (χ2v) is 14.3. The van der Waals surface area contributed by atoms with Crippen molar-refractivity contribution < 1.29 is 28.6 Å². The van der Waals surface area contributed by atoms with Crippen LogP contribution in [0.25, 0.3) is 0 Å². The monoisotopic (exact) mass is 777 g/mol. The van der Waals surface area contributed by atoms with E-state index in [0.29, 0.717) is 12.8 Å². The molecule has 0 spiro atoms. The number of rotatable bonds is 38. The minimum absolute atomic E-state index is 0.118. The standard InChI is InChI=1S/C50H80O6/c1-4-7-10-13-16-19-22-25-28-31-34-37-40-43-49(52)55-46-47(45-54-48(51)42-39-36-33-30-27-24-21-18-15-12-9-6-3)56-50(53)44-41-38-35-32-29-26-23-20-17-14-11-8-5-2/h7,9-10,12-13,16,18-19,21-22,25-30,47H,4-6,8,11,14-15,17,20,23-24,31-46H2,1-3H3/b10-7-,12-9-,16-13-,21-18-,22-19-,28-25-,29-26-,30-27-. The van der Waals surface area contributed by atoms with E-state index in [2.05, 4.69) is 81.5 Å². The number of unbranched alkanes of at least 4 members (excludes halogenated alkanes) is 14. The molecule has 0 N–H and O–H groups in total. The first kappa shape index (κ1) is 52.3. The number of esters is 3. The van der Waals surface area contributed by atoms with Gasteiger partial charge in [0.25, 0.3) is 0 Å². The van der Waals surface area contributed by atoms with Crippen LogP contribution < -0.4 is 0 Å². The minimum Gasteiger partial charge on any atom is -0.462 e. The van der Waals surface area contributed by atoms with E-state index < -0.39 is 6.10 Å². The smallest absolute Gasteiger partial charge is 0.306 e. The molecule has 0 aliphatic rings. The Morgan fingerprint density at radius 2 is 0.786 bits per heavy atom. The zero-order chi connectivity index (χ0) is 40.8. The van der Waals surface area contributed by atoms with Gasteiger partial charge in [-0.25, -0.2) is 0 Å². The molecule has 0 amide bonds. The van der Waals surface area contributed by atoms with Crippen molar-refractivity contribution >= 4 is 17.9 Å². The van der Waals surface area contributed by atoms with Crippen LogP contribution in [0.15, 0.2) is 97.2 Å². The highest BCUT2D eigenvalue weighted by Gasteiger charge is 2.19. The van der Waals surface area contributed by atoms with Gasteiger partial charge in [0, 0.05) is 19.3 Å². The maximum atomic E-state index is 12.7. The molecule has 0 heterocycles. The molecule has 0 saturated heterocycles. The Morgan fingerprint density at radius 1 is 0.393 bits per heavy atom. The third-order valence-electron chi connectivity index (χ3n) is 8.90. The molecular weight excluding hydrogens is 697 g/mol. The third kappa shape index (κ3) is 41.5. The molecule has 1 atom stereocenters. The fourth-order valence-electron chi connectivity index (χ4n) is 5.58. The van der Waals surface area contributed by atoms with Crippen molar-refractivity contribution in [1.29, 1.82) is 0 Å². The molecule has 6 nitrogen and oxygen atoms in total. The lowest BCUT2D eigenvalue weighted by Crippen LogP contribution is -2.30. The van der Waals surface area contributed by atoms with E-state index in [1.807, 2.05) is 36.5 Å². The van der Waals surface area contributed by atoms with E-state index >= 15 is 0 Å². The number of hydrogen-bond acceptors (Lipinski definition) is 6. The molecule has 0 fully saturated rings. The fourth-order valence-corrected chi connectivity index (χ4v) is 5.58. The topological polar surface area (TPSA) is 78.9 Å². The van der Waals surface area contributed by atoms with Gasteiger partial charge >= 0.3 is 17.9 Å². The quantitative estimate of drug-likeness (QED) is 0.0204. The van der Waals surface area contributed by atoms with Crippen LogP contribution in [0.2, 0.25) is 0 Å². The lowest BCUT2D eigenvalue weighted by atomic mass is 10.1. The Morgan fingerprint density at radius 3 is 1.36 bits per heavy atom. The van der Waals surface area contributed by atoms with Crippen LogP contribution in [0.4, 0.5) is 0 Å². The summed E-state index contributed by atoms with van der Waals surface area (Å²) in [6, 6.07) is 0. The highest BCUT2D eigenvalue weighted by molar-refractivity contribution is 5.71. The van der Waals surface area contributed by atoms with Gasteiger partial charge in [0.05, 0.1) is 0 Å². The molecule has 0 rings (SSSR count). The molecule has 0 bridgehead atoms. The summed E-state index contributed by atoms with van der Waals surface area (Å²) in [5.41, 5.74) is 0. The number of carbonyl (C=O) groups excluding carboxylic acids is 3. The van der Waals surface area contributed by atoms with E-state index in [-0.39, 0.29) is 37.5 Å². The van der Waals surface area contributed by atoms with Gasteiger partial charge < -0.3 is 14.2 Å². The second kappa shape index (κ2) is 44.0. The van der Waals surface area contributed by atoms with Crippen molar-refractivity contribution in [3.63, 3.8) is 0 Å². The zero-order valence-corrected chi connectivity index (χ0v) is 35.9. The Kier molecular flexibility index (Phi) is 41.2. The van der Waals surface area contributed by atoms with Crippen LogP contribution in [-0.4, -0.2) is 37.2 Å². The first-order valence-corrected chi connectivity index (χ1v) is 22.3. The predicted octanol–water partition coefficient (Wildman–Crippen LogP) is 14.2. The Bertz CT molecular complexity index is 1170. The van der Waals surface area contributed by atoms with E-state index in [4.69, 9.17) is 14.2 Å². The second-order valence-electron chi connectivity index (χ2n) is 14.3. The molecule has 0 aromatic rings. The van der Waals surface area contributed by atoms with Gasteiger partial charge in [-0.3, -0.25) is 14.4 Å². The SMILES string of the molecule is CC\C=C/C=C\C=C/C=C\CCCCCC(=O)OCC(COC(=O)CCCC/C=C\C/C=C\C/C=C\CC)OC(=O)CCCCC/C=C\CCCCCCCC. The summed E-state index contributed by atoms with van der Waals surface area (Å²) in [6.07, 6.45) is 56.8. The minimum atomic E-state index is -0.815. The van der Waals surface area contributed by atoms with E-state index in [1.165, 1.54) is 38.5 Å². The highest BCUT2D eigenvalue weighted by atomic mass is 16.6. The molecule has 0 aromatic carbocycles. The summed E-state index contributed by atoms with van der Waals surface area (Å²) < 4.78 is 16.6. The Hall–Kier alpha value is -3.67. The van der Waals surface area contributed by atoms with Crippen molar-refractivity contribution in [2.75, 3.05) is 13.2 Å². The molecule has 56 heavy (non-hydrogen) atoms. The normalized spacial score (nSPS) is 13.0. The molecule has 0 saturated carbocycles. The summed E-state index contributed by atoms with van der Waals surface area (Å²) in [6.45, 7) is 6.25. The number of ether oxygens (including phenoxy) is 3. The van der Waals surface area contributed by atoms with Crippen molar-refractivity contribution in [3.05, 3.63) is 97.2 Å². The van der Waals surface area contributed by atoms with Gasteiger partial charge in [0.1, 0.15) is 13.2 Å². The van der Waals surface area contributed by atoms with Crippen LogP contribution >= 0.6 is 0 Å². The highest BCUT2D eigenvalue weighted by Crippen LogP contribution is 2.11. The van der Waals surface area contributed by atoms with Crippen molar-refractivity contribution in [3.8, 4) is 0 Å². The molecule has 0 radical (unpaired) electrons. The van der Waals surface area contributed by atoms with E-state index in [1.54, 1.807) is 0 Å². The summed E-state index contributed by atoms with van der Waals surface area (Å²) in [5, 5.41) is 0. The average molecular weight is 777 g/mol. The summed E-state index contributed by atoms with van der Waals surface area (Å²) in [7, 11) is 0. The van der Waals surface area contributed by atoms with Gasteiger partial charge in [-0.05, 0) is 96.3 Å². The third-order valence-corrected chi connectivity index (χ3v) is 8.90. The maximum Gasteiger partial charge on any atom is 0.306 e. The van der Waals surface area contributed by atoms with Gasteiger partial charge in [0.15, 0.2) is 6.10 Å². The number of carbonyl (C=O) groups is 3. The Balaban J connectivity index is 4.55. The molecule has 1 unspecified atom stereocenters. The number of allylic oxidation sites excluding steroid dienone is 16. The van der Waals surface area contributed by atoms with Gasteiger partial charge in [0.2, 0.25) is 0 Å². The molecule has 6 heteroatoms. The molecule has 316 valence electrons. The first-order chi connectivity index (χ1) is 27.5. The summed E-state index contributed by atoms with van der Waals surface area (Å²) in [4.78, 5) is 37.7. The lowest BCUT2D eigenvalue weighted by molar-refractivity contribution is -0.167. The number of hydrogen-bond donors (Lipinski definition) is 0. The van der Waals surface area contributed by atoms with Crippen molar-refractivity contribution in [1.82, 2.24) is 0 Å². The van der Waals surface area contributed by atoms with Crippen LogP contribution in [0, 0.1) is 0 Å². The van der Waals surface area contributed by atoms with Crippen molar-refractivity contribution in [2.45, 2.75) is 187 Å². The first-order valence-electron chi connectivity index (χ1n) is 22.3. The van der Waals surface area contributed by atoms with E-state index in [0.717, 1.165) is 103 Å². The molecule has 0 aliphatic heterocycles. The Labute approximate surface area is 343 Å². The summed E-state index contributed by atoms with van der Waals surface area (Å²) >= 11 is 0. The van der Waals surface area contributed by atoms with Crippen LogP contribution in [-0.2, 0) is 28.6 Å². The van der Waals surface area contributed by atoms with Crippen LogP contribution in [0.5, 0.6) is 0 Å². The molecular formula is C50H80O6. The van der Waals surface area contributed by atoms with Crippen LogP contribution in [0.3, 0.4) is 0 Å². The fraction of sp³-hybridized carbons (Fsp3) is 0.620. The maximum absolute atomic E-state index is 12.7. The predicted molar refractivity (Wildman–Crippen MR) is 237 cm³/mol. The van der Waals surface area contributed by atoms with Gasteiger partial charge in [-0.2, -0.15) is 0 Å². The van der Waals surface area contributed by atoms with Crippen LogP contribution in [0.1, 0.15) is 181 Å². The lowest BCUT2D eigenvalue weighted by Gasteiger charge is -2.18. The molecule has 0 aromatic heterocycles. The van der Waals surface area contributed by atoms with Gasteiger partial charge in [-0.15, -0.1) is 0 Å². The summed E-state index contributed by atoms with van der Waals surface area (Å²) in [5.74, 6) is -1.02. The average Bonchev–Trinajstić information content (AvgIpc) is 3.19. The zero-order valence-electron chi connectivity index (χ0n) is 35.9. The van der Waals surface area contributed by atoms with Crippen molar-refractivity contribution in [2.24, 2.45) is 0 Å². The largest absolute Gasteiger partial charge is 0.462 e. The molecule has 0 aliphatic carbocycles. The van der Waals surface area contributed by atoms with E-state index in [9.17, 15) is 14.4 Å². The van der Waals surface area contributed by atoms with Gasteiger partial charge in [-0.1, -0.05) is 163 Å².